The molecule has 2 aliphatic carbocycles. The average molecular weight is 765 g/mol. The van der Waals surface area contributed by atoms with Crippen LogP contribution in [0.3, 0.4) is 0 Å². The average Bonchev–Trinajstić information content (AvgIpc) is 3.11. The van der Waals surface area contributed by atoms with Crippen molar-refractivity contribution in [3.05, 3.63) is 95.1 Å². The summed E-state index contributed by atoms with van der Waals surface area (Å²) in [4.78, 5) is 38.3. The maximum absolute atomic E-state index is 13.1. The van der Waals surface area contributed by atoms with Gasteiger partial charge in [0.05, 0.1) is 24.0 Å². The lowest BCUT2D eigenvalue weighted by atomic mass is 9.65. The van der Waals surface area contributed by atoms with E-state index in [-0.39, 0.29) is 48.6 Å². The maximum Gasteiger partial charge on any atom is 0.352 e. The Bertz CT molecular complexity index is 1670. The molecule has 0 aliphatic heterocycles. The zero-order valence-electron chi connectivity index (χ0n) is 32.7. The van der Waals surface area contributed by atoms with Crippen LogP contribution < -0.4 is 4.74 Å². The van der Waals surface area contributed by atoms with Gasteiger partial charge < -0.3 is 29.2 Å². The fourth-order valence-corrected chi connectivity index (χ4v) is 7.14. The molecule has 54 heavy (non-hydrogen) atoms. The lowest BCUT2D eigenvalue weighted by Crippen LogP contribution is -2.43. The highest BCUT2D eigenvalue weighted by Crippen LogP contribution is 2.45. The number of allylic oxidation sites excluding steroid dienone is 3. The maximum atomic E-state index is 13.1. The van der Waals surface area contributed by atoms with Gasteiger partial charge in [0.2, 0.25) is 6.79 Å². The van der Waals surface area contributed by atoms with Crippen LogP contribution in [-0.2, 0) is 28.6 Å². The molecule has 0 radical (unpaired) electrons. The van der Waals surface area contributed by atoms with E-state index in [0.717, 1.165) is 23.1 Å². The second kappa shape index (κ2) is 18.6. The standard InChI is InChI=1S/C44H57ClO9/c1-9-43(5,6)41(49)53-38-23-27(2)22-32-11-10-28(3)37(40(32)38)21-18-34(46)24-35(47)25-39(48)51-26-52-42(50)44(7,8)54-36-19-14-31(15-20-36)29(4)30-12-16-33(45)17-13-30/h10-17,19-20,22,27-28,34-35,37-38,40,46-47H,4,9,18,21,23-26H2,1-3,5-8H3/t27-,28-,34+,35+,37-,38-,40?/m0/s1. The van der Waals surface area contributed by atoms with Gasteiger partial charge in [0, 0.05) is 10.9 Å². The van der Waals surface area contributed by atoms with Gasteiger partial charge in [-0.3, -0.25) is 9.59 Å². The van der Waals surface area contributed by atoms with Gasteiger partial charge in [-0.2, -0.15) is 0 Å². The summed E-state index contributed by atoms with van der Waals surface area (Å²) in [5.74, 6) is -0.631. The predicted molar refractivity (Wildman–Crippen MR) is 209 cm³/mol. The molecule has 0 amide bonds. The van der Waals surface area contributed by atoms with Crippen molar-refractivity contribution >= 4 is 35.1 Å². The van der Waals surface area contributed by atoms with Crippen molar-refractivity contribution in [3.8, 4) is 5.75 Å². The molecule has 2 aromatic carbocycles. The highest BCUT2D eigenvalue weighted by molar-refractivity contribution is 6.30. The van der Waals surface area contributed by atoms with Crippen molar-refractivity contribution in [1.82, 2.24) is 0 Å². The van der Waals surface area contributed by atoms with Crippen LogP contribution in [-0.4, -0.2) is 58.8 Å². The third-order valence-corrected chi connectivity index (χ3v) is 11.0. The first-order valence-corrected chi connectivity index (χ1v) is 19.3. The zero-order valence-corrected chi connectivity index (χ0v) is 33.4. The first kappa shape index (κ1) is 42.8. The molecule has 0 heterocycles. The molecule has 0 aromatic heterocycles. The normalized spacial score (nSPS) is 22.3. The van der Waals surface area contributed by atoms with Gasteiger partial charge in [-0.05, 0) is 124 Å². The summed E-state index contributed by atoms with van der Waals surface area (Å²) in [5, 5.41) is 22.1. The monoisotopic (exact) mass is 764 g/mol. The van der Waals surface area contributed by atoms with E-state index in [1.54, 1.807) is 38.1 Å². The van der Waals surface area contributed by atoms with Crippen molar-refractivity contribution in [2.45, 2.75) is 111 Å². The lowest BCUT2D eigenvalue weighted by Gasteiger charge is -2.44. The van der Waals surface area contributed by atoms with Gasteiger partial charge in [-0.25, -0.2) is 4.79 Å². The second-order valence-corrected chi connectivity index (χ2v) is 16.4. The Morgan fingerprint density at radius 1 is 0.926 bits per heavy atom. The molecule has 0 bridgehead atoms. The summed E-state index contributed by atoms with van der Waals surface area (Å²) < 4.78 is 22.3. The highest BCUT2D eigenvalue weighted by Gasteiger charge is 2.43. The largest absolute Gasteiger partial charge is 0.476 e. The molecule has 10 heteroatoms. The van der Waals surface area contributed by atoms with Crippen molar-refractivity contribution in [2.75, 3.05) is 6.79 Å². The summed E-state index contributed by atoms with van der Waals surface area (Å²) in [7, 11) is 0. The number of hydrogen-bond acceptors (Lipinski definition) is 9. The number of carbonyl (C=O) groups excluding carboxylic acids is 3. The highest BCUT2D eigenvalue weighted by atomic mass is 35.5. The Hall–Kier alpha value is -3.92. The van der Waals surface area contributed by atoms with E-state index < -0.39 is 42.0 Å². The van der Waals surface area contributed by atoms with Crippen LogP contribution in [0.2, 0.25) is 5.02 Å². The number of halogens is 1. The number of fused-ring (bicyclic) bond motifs is 1. The van der Waals surface area contributed by atoms with E-state index in [9.17, 15) is 24.6 Å². The number of aliphatic hydroxyl groups is 2. The third kappa shape index (κ3) is 11.5. The number of ether oxygens (including phenoxy) is 4. The van der Waals surface area contributed by atoms with Crippen molar-refractivity contribution in [3.63, 3.8) is 0 Å². The van der Waals surface area contributed by atoms with E-state index in [1.165, 1.54) is 5.57 Å². The fraction of sp³-hybridized carbons (Fsp3) is 0.523. The predicted octanol–water partition coefficient (Wildman–Crippen LogP) is 8.64. The Kier molecular flexibility index (Phi) is 14.8. The van der Waals surface area contributed by atoms with Crippen molar-refractivity contribution < 1.29 is 43.5 Å². The molecule has 1 unspecified atom stereocenters. The Morgan fingerprint density at radius 2 is 1.56 bits per heavy atom. The Balaban J connectivity index is 1.20. The molecule has 2 N–H and O–H groups in total. The SMILES string of the molecule is C=C(c1ccc(Cl)cc1)c1ccc(OC(C)(C)C(=O)OCOC(=O)C[C@H](O)C[C@H](O)CC[C@@H]2C3C(=C[C@H](C)C[C@@H]3OC(=O)C(C)(C)CC)C=C[C@@H]2C)cc1. The minimum atomic E-state index is -1.39. The van der Waals surface area contributed by atoms with Crippen LogP contribution in [0.5, 0.6) is 5.75 Å². The molecule has 4 rings (SSSR count). The molecule has 2 aromatic rings. The Morgan fingerprint density at radius 3 is 2.19 bits per heavy atom. The molecule has 9 nitrogen and oxygen atoms in total. The fourth-order valence-electron chi connectivity index (χ4n) is 7.01. The number of benzene rings is 2. The quantitative estimate of drug-likeness (QED) is 0.120. The molecule has 0 saturated heterocycles. The van der Waals surface area contributed by atoms with Gasteiger partial charge in [-0.1, -0.05) is 81.4 Å². The lowest BCUT2D eigenvalue weighted by molar-refractivity contribution is -0.178. The molecular formula is C44H57ClO9. The number of esters is 3. The summed E-state index contributed by atoms with van der Waals surface area (Å²) in [6.07, 6.45) is 6.41. The van der Waals surface area contributed by atoms with Gasteiger partial charge in [0.25, 0.3) is 0 Å². The first-order valence-electron chi connectivity index (χ1n) is 18.9. The van der Waals surface area contributed by atoms with Gasteiger partial charge >= 0.3 is 17.9 Å². The summed E-state index contributed by atoms with van der Waals surface area (Å²) in [5.41, 5.74) is 1.81. The third-order valence-electron chi connectivity index (χ3n) is 10.7. The van der Waals surface area contributed by atoms with Crippen molar-refractivity contribution in [1.29, 1.82) is 0 Å². The molecular weight excluding hydrogens is 708 g/mol. The molecule has 0 spiro atoms. The minimum absolute atomic E-state index is 0.0218. The number of carbonyl (C=O) groups is 3. The number of aliphatic hydroxyl groups excluding tert-OH is 2. The molecule has 2 aliphatic rings. The minimum Gasteiger partial charge on any atom is -0.476 e. The van der Waals surface area contributed by atoms with Gasteiger partial charge in [0.1, 0.15) is 11.9 Å². The summed E-state index contributed by atoms with van der Waals surface area (Å²) in [6.45, 7) is 16.7. The number of hydrogen-bond donors (Lipinski definition) is 2. The van der Waals surface area contributed by atoms with Gasteiger partial charge in [-0.15, -0.1) is 0 Å². The van der Waals surface area contributed by atoms with E-state index >= 15 is 0 Å². The second-order valence-electron chi connectivity index (χ2n) is 16.0. The summed E-state index contributed by atoms with van der Waals surface area (Å²) in [6, 6.07) is 14.5. The van der Waals surface area contributed by atoms with E-state index in [1.807, 2.05) is 45.0 Å². The van der Waals surface area contributed by atoms with Crippen LogP contribution >= 0.6 is 11.6 Å². The zero-order chi connectivity index (χ0) is 39.8. The summed E-state index contributed by atoms with van der Waals surface area (Å²) >= 11 is 5.99. The van der Waals surface area contributed by atoms with Gasteiger partial charge in [0.15, 0.2) is 5.60 Å². The van der Waals surface area contributed by atoms with E-state index in [2.05, 4.69) is 38.7 Å². The number of rotatable bonds is 17. The molecule has 0 fully saturated rings. The first-order chi connectivity index (χ1) is 25.4. The molecule has 294 valence electrons. The van der Waals surface area contributed by atoms with Crippen LogP contribution in [0.25, 0.3) is 5.57 Å². The van der Waals surface area contributed by atoms with Crippen LogP contribution in [0.4, 0.5) is 0 Å². The van der Waals surface area contributed by atoms with Crippen LogP contribution in [0.1, 0.15) is 98.1 Å². The van der Waals surface area contributed by atoms with Crippen LogP contribution in [0.15, 0.2) is 78.9 Å². The van der Waals surface area contributed by atoms with E-state index in [0.29, 0.717) is 30.0 Å². The van der Waals surface area contributed by atoms with Crippen molar-refractivity contribution in [2.24, 2.45) is 29.1 Å². The van der Waals surface area contributed by atoms with E-state index in [4.69, 9.17) is 30.5 Å². The molecule has 0 saturated carbocycles. The smallest absolute Gasteiger partial charge is 0.352 e. The topological polar surface area (TPSA) is 129 Å². The van der Waals surface area contributed by atoms with Crippen LogP contribution in [0, 0.1) is 29.1 Å². The Labute approximate surface area is 325 Å². The molecule has 7 atom stereocenters.